The van der Waals surface area contributed by atoms with Crippen LogP contribution in [0.25, 0.3) is 44.5 Å². The summed E-state index contributed by atoms with van der Waals surface area (Å²) in [6.45, 7) is 33.6. The maximum Gasteiger partial charge on any atom is 0.0463 e. The number of rotatable bonds is 41. The van der Waals surface area contributed by atoms with Crippen molar-refractivity contribution in [1.29, 1.82) is 0 Å². The zero-order chi connectivity index (χ0) is 92.1. The molecule has 0 nitrogen and oxygen atoms in total. The first-order valence-corrected chi connectivity index (χ1v) is 52.7. The van der Waals surface area contributed by atoms with Crippen molar-refractivity contribution in [3.8, 4) is 44.5 Å². The molecule has 12 aromatic carbocycles. The van der Waals surface area contributed by atoms with Gasteiger partial charge in [0, 0.05) is 21.7 Å². The highest BCUT2D eigenvalue weighted by molar-refractivity contribution is 5.86. The largest absolute Gasteiger partial charge is 0.103 e. The van der Waals surface area contributed by atoms with Crippen molar-refractivity contribution < 1.29 is 0 Å². The molecule has 133 heavy (non-hydrogen) atoms. The summed E-state index contributed by atoms with van der Waals surface area (Å²) in [5, 5.41) is 0. The van der Waals surface area contributed by atoms with Crippen LogP contribution >= 0.6 is 0 Å². The summed E-state index contributed by atoms with van der Waals surface area (Å²) < 4.78 is 0. The van der Waals surface area contributed by atoms with Crippen molar-refractivity contribution in [3.05, 3.63) is 425 Å². The molecule has 0 aromatic heterocycles. The average Bonchev–Trinajstić information content (AvgIpc) is 1.56. The summed E-state index contributed by atoms with van der Waals surface area (Å²) in [5.74, 6) is 0. The highest BCUT2D eigenvalue weighted by Gasteiger charge is 2.48. The highest BCUT2D eigenvalue weighted by Crippen LogP contribution is 2.60. The van der Waals surface area contributed by atoms with Gasteiger partial charge in [0.15, 0.2) is 0 Å². The van der Waals surface area contributed by atoms with Gasteiger partial charge in [-0.15, -0.1) is 26.3 Å². The lowest BCUT2D eigenvalue weighted by atomic mass is 9.67. The lowest BCUT2D eigenvalue weighted by Crippen LogP contribution is -2.28. The zero-order valence-electron chi connectivity index (χ0n) is 82.9. The molecule has 0 bridgehead atoms. The molecule has 0 heterocycles. The monoisotopic (exact) mass is 1750 g/mol. The standard InChI is InChI=1S/C43H50.C36H36.C29H38.C25H30/c1-31-13-23-39-40-24-14-32(2)28-42(40)43(41(39)27-31,25-9-5-3-7-11-33-15-17-35-19-21-37(35)29-33)26-10-6-4-8-12-34-16-18-36-20-22-38(36)30-34;1-24-7-17-32-33-18-8-25(2)21-35(33)36(34(32)20-24,31-16-15-28-12-14-30(28)23-31)19-5-3-4-6-26-9-10-27-11-13-29(27)22-26;1-5-7-9-11-13-19-29(20-14-12-10-8-6-2)27-21-23(3)15-17-25(27)26-18-16-24(4)22-28(26)29;1-5-7-9-15-25(16-10-8-6-2)23-17-19(3)11-13-21(23)22-14-12-20(4)18-24(22)25/h13-18,23-24,27-30H,3-12,19-22,25-26H2,1-2H3;7-10,15-18,20-23H,3-6,11-14,19H2,1-2H3;5-6,15-18,21-22H,1-2,7-14,19-20H2,3-4H3;5-6,11-14,17-18H,1-2,7-10,15-16H2,3-4H3. The molecule has 0 unspecified atom stereocenters. The topological polar surface area (TPSA) is 0 Å². The predicted molar refractivity (Wildman–Crippen MR) is 573 cm³/mol. The second kappa shape index (κ2) is 43.1. The highest BCUT2D eigenvalue weighted by atomic mass is 14.5. The Bertz CT molecular complexity index is 5850. The Labute approximate surface area is 804 Å². The fourth-order valence-corrected chi connectivity index (χ4v) is 25.2. The minimum absolute atomic E-state index is 0.0387. The molecule has 0 N–H and O–H groups in total. The van der Waals surface area contributed by atoms with Gasteiger partial charge in [0.1, 0.15) is 0 Å². The number of hydrogen-bond donors (Lipinski definition) is 0. The molecule has 0 heteroatoms. The SMILES string of the molecule is C=CCCCC1(CCCC=C)c2cc(C)ccc2-c2ccc(C)cc21.C=CCCCCCC1(CCCCCC=C)c2cc(C)ccc2-c2ccc(C)cc21.Cc1ccc2c(c1)C(CCCCCCc1ccc3c(c1)CC3)(CCCCCCc1ccc3c(c1)CC3)c1cc(C)ccc1-2.Cc1ccc2c(c1)C(CCCCCc1ccc3c(c1)CC3)(c1ccc3c(c1)CC3)c1cc(C)ccc1-2. The Morgan fingerprint density at radius 1 is 0.195 bits per heavy atom. The summed E-state index contributed by atoms with van der Waals surface area (Å²) in [4.78, 5) is 0. The third kappa shape index (κ3) is 20.3. The third-order valence-corrected chi connectivity index (χ3v) is 32.9. The summed E-state index contributed by atoms with van der Waals surface area (Å²) in [6.07, 6.45) is 59.8. The van der Waals surface area contributed by atoms with Gasteiger partial charge in [-0.05, 0) is 397 Å². The molecule has 0 radical (unpaired) electrons. The van der Waals surface area contributed by atoms with Gasteiger partial charge >= 0.3 is 0 Å². The first-order chi connectivity index (χ1) is 64.9. The van der Waals surface area contributed by atoms with E-state index in [1.807, 2.05) is 0 Å². The van der Waals surface area contributed by atoms with Crippen LogP contribution in [-0.4, -0.2) is 0 Å². The van der Waals surface area contributed by atoms with Crippen LogP contribution in [0.4, 0.5) is 0 Å². The summed E-state index contributed by atoms with van der Waals surface area (Å²) in [7, 11) is 0. The van der Waals surface area contributed by atoms with Crippen molar-refractivity contribution in [3.63, 3.8) is 0 Å². The molecule has 0 aliphatic heterocycles. The fourth-order valence-electron chi connectivity index (χ4n) is 25.2. The average molecular weight is 1750 g/mol. The van der Waals surface area contributed by atoms with E-state index in [0.29, 0.717) is 0 Å². The van der Waals surface area contributed by atoms with E-state index in [2.05, 4.69) is 324 Å². The van der Waals surface area contributed by atoms with Crippen LogP contribution in [0.2, 0.25) is 0 Å². The van der Waals surface area contributed by atoms with Gasteiger partial charge in [-0.25, -0.2) is 0 Å². The Kier molecular flexibility index (Phi) is 30.6. The van der Waals surface area contributed by atoms with E-state index in [4.69, 9.17) is 0 Å². The number of fused-ring (bicyclic) bond motifs is 16. The lowest BCUT2D eigenvalue weighted by molar-refractivity contribution is 0.399. The van der Waals surface area contributed by atoms with Gasteiger partial charge in [-0.1, -0.05) is 364 Å². The lowest BCUT2D eigenvalue weighted by Gasteiger charge is -2.35. The van der Waals surface area contributed by atoms with E-state index in [1.54, 1.807) is 89.0 Å². The Balaban J connectivity index is 0.000000126. The normalized spacial score (nSPS) is 14.8. The van der Waals surface area contributed by atoms with Crippen LogP contribution in [0.15, 0.2) is 269 Å². The molecule has 0 saturated carbocycles. The minimum Gasteiger partial charge on any atom is -0.103 e. The second-order valence-electron chi connectivity index (χ2n) is 42.4. The third-order valence-electron chi connectivity index (χ3n) is 32.9. The Hall–Kier alpha value is -10.4. The molecule has 686 valence electrons. The number of hydrogen-bond acceptors (Lipinski definition) is 0. The quantitative estimate of drug-likeness (QED) is 0.0265. The van der Waals surface area contributed by atoms with Crippen molar-refractivity contribution in [1.82, 2.24) is 0 Å². The van der Waals surface area contributed by atoms with Crippen molar-refractivity contribution in [2.75, 3.05) is 0 Å². The van der Waals surface area contributed by atoms with Crippen LogP contribution in [0, 0.1) is 55.4 Å². The molecular weight excluding hydrogens is 1600 g/mol. The predicted octanol–water partition coefficient (Wildman–Crippen LogP) is 35.9. The van der Waals surface area contributed by atoms with E-state index < -0.39 is 0 Å². The number of allylic oxidation sites excluding steroid dienone is 4. The van der Waals surface area contributed by atoms with Crippen molar-refractivity contribution in [2.24, 2.45) is 0 Å². The van der Waals surface area contributed by atoms with Gasteiger partial charge in [-0.3, -0.25) is 0 Å². The molecule has 0 atom stereocenters. The van der Waals surface area contributed by atoms with Crippen molar-refractivity contribution in [2.45, 2.75) is 340 Å². The first kappa shape index (κ1) is 94.4. The number of benzene rings is 12. The zero-order valence-corrected chi connectivity index (χ0v) is 82.9. The van der Waals surface area contributed by atoms with Crippen LogP contribution < -0.4 is 0 Å². The van der Waals surface area contributed by atoms with Crippen molar-refractivity contribution >= 4 is 0 Å². The molecule has 0 saturated heterocycles. The first-order valence-electron chi connectivity index (χ1n) is 52.7. The Morgan fingerprint density at radius 3 is 0.677 bits per heavy atom. The van der Waals surface area contributed by atoms with E-state index in [9.17, 15) is 0 Å². The minimum atomic E-state index is -0.0387. The van der Waals surface area contributed by atoms with Crippen LogP contribution in [-0.2, 0) is 92.3 Å². The number of aryl methyl sites for hydroxylation is 19. The fraction of sp³-hybridized carbons (Fsp3) is 0.398. The molecule has 12 aromatic rings. The molecule has 0 amide bonds. The van der Waals surface area contributed by atoms with Gasteiger partial charge in [0.05, 0.1) is 0 Å². The van der Waals surface area contributed by atoms with E-state index >= 15 is 0 Å². The molecule has 0 spiro atoms. The molecule has 8 aliphatic rings. The van der Waals surface area contributed by atoms with E-state index in [0.717, 1.165) is 25.7 Å². The molecule has 0 fully saturated rings. The van der Waals surface area contributed by atoms with Crippen LogP contribution in [0.3, 0.4) is 0 Å². The summed E-state index contributed by atoms with van der Waals surface area (Å²) in [5.41, 5.74) is 54.6. The smallest absolute Gasteiger partial charge is 0.0463 e. The van der Waals surface area contributed by atoms with E-state index in [1.165, 1.54) is 349 Å². The van der Waals surface area contributed by atoms with Gasteiger partial charge in [0.2, 0.25) is 0 Å². The van der Waals surface area contributed by atoms with Gasteiger partial charge in [0.25, 0.3) is 0 Å². The summed E-state index contributed by atoms with van der Waals surface area (Å²) in [6, 6.07) is 86.4. The maximum atomic E-state index is 3.93. The summed E-state index contributed by atoms with van der Waals surface area (Å²) >= 11 is 0. The van der Waals surface area contributed by atoms with Crippen LogP contribution in [0.1, 0.15) is 348 Å². The number of unbranched alkanes of at least 4 members (excludes halogenated alkanes) is 16. The Morgan fingerprint density at radius 2 is 0.414 bits per heavy atom. The van der Waals surface area contributed by atoms with Gasteiger partial charge < -0.3 is 0 Å². The van der Waals surface area contributed by atoms with Crippen LogP contribution in [0.5, 0.6) is 0 Å². The van der Waals surface area contributed by atoms with E-state index in [-0.39, 0.29) is 21.7 Å². The molecule has 20 rings (SSSR count). The second-order valence-corrected chi connectivity index (χ2v) is 42.4. The molecule has 8 aliphatic carbocycles. The molecular formula is C133H154. The maximum absolute atomic E-state index is 3.93. The van der Waals surface area contributed by atoms with Gasteiger partial charge in [-0.2, -0.15) is 0 Å².